The minimum Gasteiger partial charge on any atom is -0.507 e. The van der Waals surface area contributed by atoms with Gasteiger partial charge in [0, 0.05) is 32.4 Å². The molecular weight excluding hydrogens is 296 g/mol. The van der Waals surface area contributed by atoms with E-state index < -0.39 is 5.91 Å². The highest BCUT2D eigenvalue weighted by molar-refractivity contribution is 6.06. The topological polar surface area (TPSA) is 97.5 Å². The van der Waals surface area contributed by atoms with Crippen molar-refractivity contribution in [2.75, 3.05) is 36.4 Å². The highest BCUT2D eigenvalue weighted by Crippen LogP contribution is 2.19. The van der Waals surface area contributed by atoms with Crippen molar-refractivity contribution in [1.29, 1.82) is 0 Å². The number of anilines is 2. The molecule has 0 unspecified atom stereocenters. The van der Waals surface area contributed by atoms with E-state index in [9.17, 15) is 14.7 Å². The van der Waals surface area contributed by atoms with Crippen LogP contribution in [-0.4, -0.2) is 42.2 Å². The van der Waals surface area contributed by atoms with Crippen LogP contribution in [0.3, 0.4) is 0 Å². The van der Waals surface area contributed by atoms with Gasteiger partial charge in [0.25, 0.3) is 11.5 Å². The fourth-order valence-electron chi connectivity index (χ4n) is 2.55. The van der Waals surface area contributed by atoms with Crippen molar-refractivity contribution in [2.45, 2.75) is 0 Å². The molecule has 1 amide bonds. The molecule has 1 fully saturated rings. The average Bonchev–Trinajstić information content (AvgIpc) is 2.57. The maximum atomic E-state index is 12.2. The summed E-state index contributed by atoms with van der Waals surface area (Å²) < 4.78 is 0. The lowest BCUT2D eigenvalue weighted by Gasteiger charge is -2.28. The fourth-order valence-corrected chi connectivity index (χ4v) is 2.55. The number of hydrogen-bond acceptors (Lipinski definition) is 5. The molecule has 0 bridgehead atoms. The first-order valence-electron chi connectivity index (χ1n) is 7.43. The van der Waals surface area contributed by atoms with Crippen LogP contribution >= 0.6 is 0 Å². The Morgan fingerprint density at radius 2 is 1.96 bits per heavy atom. The molecule has 7 heteroatoms. The van der Waals surface area contributed by atoms with Crippen LogP contribution in [0.5, 0.6) is 5.75 Å². The second kappa shape index (κ2) is 6.53. The first-order valence-corrected chi connectivity index (χ1v) is 7.43. The first kappa shape index (κ1) is 15.1. The summed E-state index contributed by atoms with van der Waals surface area (Å²) in [5, 5.41) is 15.6. The molecule has 1 aromatic heterocycles. The van der Waals surface area contributed by atoms with Gasteiger partial charge in [-0.2, -0.15) is 0 Å². The van der Waals surface area contributed by atoms with E-state index in [0.29, 0.717) is 11.4 Å². The number of amides is 1. The number of piperazine rings is 1. The number of aromatic nitrogens is 1. The molecule has 7 nitrogen and oxygen atoms in total. The van der Waals surface area contributed by atoms with Gasteiger partial charge in [0.1, 0.15) is 11.4 Å². The number of carbonyl (C=O) groups excluding carboxylic acids is 1. The number of rotatable bonds is 3. The number of phenolic OH excluding ortho intramolecular Hbond substituents is 1. The third-order valence-electron chi connectivity index (χ3n) is 3.75. The number of carbonyl (C=O) groups is 1. The van der Waals surface area contributed by atoms with Gasteiger partial charge in [-0.3, -0.25) is 9.59 Å². The van der Waals surface area contributed by atoms with Crippen molar-refractivity contribution in [3.8, 4) is 5.75 Å². The number of nitrogens with zero attached hydrogens (tertiary/aromatic N) is 1. The number of H-pyrrole nitrogens is 1. The zero-order valence-corrected chi connectivity index (χ0v) is 12.5. The summed E-state index contributed by atoms with van der Waals surface area (Å²) in [7, 11) is 0. The Morgan fingerprint density at radius 1 is 1.22 bits per heavy atom. The number of nitrogens with one attached hydrogen (secondary N) is 3. The molecule has 0 aliphatic carbocycles. The lowest BCUT2D eigenvalue weighted by molar-refractivity contribution is 0.102. The molecule has 4 N–H and O–H groups in total. The Kier molecular flexibility index (Phi) is 4.29. The molecule has 0 radical (unpaired) electrons. The van der Waals surface area contributed by atoms with Crippen LogP contribution in [0.1, 0.15) is 10.4 Å². The molecule has 2 heterocycles. The minimum atomic E-state index is -0.429. The van der Waals surface area contributed by atoms with Gasteiger partial charge in [0.15, 0.2) is 0 Å². The molecule has 0 spiro atoms. The number of phenols is 1. The van der Waals surface area contributed by atoms with Crippen LogP contribution in [-0.2, 0) is 0 Å². The molecule has 0 atom stereocenters. The van der Waals surface area contributed by atoms with Gasteiger partial charge in [-0.05, 0) is 18.2 Å². The highest BCUT2D eigenvalue weighted by Gasteiger charge is 2.16. The number of aromatic hydroxyl groups is 1. The van der Waals surface area contributed by atoms with Crippen LogP contribution in [0.4, 0.5) is 11.4 Å². The summed E-state index contributed by atoms with van der Waals surface area (Å²) in [6.07, 6.45) is 1.45. The fraction of sp³-hybridized carbons (Fsp3) is 0.250. The Balaban J connectivity index is 1.82. The summed E-state index contributed by atoms with van der Waals surface area (Å²) in [5.74, 6) is -0.516. The second-order valence-corrected chi connectivity index (χ2v) is 5.31. The van der Waals surface area contributed by atoms with Gasteiger partial charge < -0.3 is 25.6 Å². The molecular formula is C16H18N4O3. The molecule has 1 aliphatic rings. The Labute approximate surface area is 133 Å². The highest BCUT2D eigenvalue weighted by atomic mass is 16.3. The average molecular weight is 314 g/mol. The molecule has 2 aromatic rings. The van der Waals surface area contributed by atoms with Crippen LogP contribution in [0, 0.1) is 0 Å². The zero-order valence-electron chi connectivity index (χ0n) is 12.5. The van der Waals surface area contributed by atoms with E-state index in [-0.39, 0.29) is 16.9 Å². The first-order chi connectivity index (χ1) is 11.1. The van der Waals surface area contributed by atoms with Crippen molar-refractivity contribution >= 4 is 17.3 Å². The Bertz CT molecular complexity index is 766. The van der Waals surface area contributed by atoms with Crippen molar-refractivity contribution in [3.05, 3.63) is 52.4 Å². The van der Waals surface area contributed by atoms with Crippen LogP contribution in [0.25, 0.3) is 0 Å². The van der Waals surface area contributed by atoms with Crippen molar-refractivity contribution < 1.29 is 9.90 Å². The molecule has 0 saturated carbocycles. The van der Waals surface area contributed by atoms with Crippen LogP contribution < -0.4 is 21.1 Å². The van der Waals surface area contributed by atoms with E-state index in [1.165, 1.54) is 18.3 Å². The maximum Gasteiger partial charge on any atom is 0.271 e. The maximum absolute atomic E-state index is 12.2. The summed E-state index contributed by atoms with van der Waals surface area (Å²) in [6.45, 7) is 3.10. The number of para-hydroxylation sites is 1. The molecule has 23 heavy (non-hydrogen) atoms. The largest absolute Gasteiger partial charge is 0.507 e. The lowest BCUT2D eigenvalue weighted by Crippen LogP contribution is -2.45. The standard InChI is InChI=1S/C16H18N4O3/c21-14-4-2-1-3-12(14)15(22)19-11-9-13(16(23)18-10-11)20-7-5-17-6-8-20/h1-4,9-10,17,21H,5-8H2,(H,18,23)(H,19,22). The second-order valence-electron chi connectivity index (χ2n) is 5.31. The molecule has 1 aliphatic heterocycles. The summed E-state index contributed by atoms with van der Waals surface area (Å²) >= 11 is 0. The smallest absolute Gasteiger partial charge is 0.271 e. The minimum absolute atomic E-state index is 0.0863. The molecule has 1 saturated heterocycles. The predicted molar refractivity (Wildman–Crippen MR) is 88.2 cm³/mol. The van der Waals surface area contributed by atoms with Crippen molar-refractivity contribution in [3.63, 3.8) is 0 Å². The van der Waals surface area contributed by atoms with Gasteiger partial charge in [-0.15, -0.1) is 0 Å². The van der Waals surface area contributed by atoms with E-state index in [4.69, 9.17) is 0 Å². The predicted octanol–water partition coefficient (Wildman–Crippen LogP) is 0.742. The summed E-state index contributed by atoms with van der Waals surface area (Å²) in [5.41, 5.74) is 1.00. The van der Waals surface area contributed by atoms with Crippen molar-refractivity contribution in [1.82, 2.24) is 10.3 Å². The number of pyridine rings is 1. The van der Waals surface area contributed by atoms with Crippen LogP contribution in [0.2, 0.25) is 0 Å². The number of hydrogen-bond donors (Lipinski definition) is 4. The molecule has 3 rings (SSSR count). The van der Waals surface area contributed by atoms with Crippen LogP contribution in [0.15, 0.2) is 41.3 Å². The molecule has 1 aromatic carbocycles. The van der Waals surface area contributed by atoms with Crippen molar-refractivity contribution in [2.24, 2.45) is 0 Å². The SMILES string of the molecule is O=C(Nc1c[nH]c(=O)c(N2CCNCC2)c1)c1ccccc1O. The van der Waals surface area contributed by atoms with Gasteiger partial charge in [-0.1, -0.05) is 12.1 Å². The zero-order chi connectivity index (χ0) is 16.2. The van der Waals surface area contributed by atoms with E-state index >= 15 is 0 Å². The quantitative estimate of drug-likeness (QED) is 0.670. The third kappa shape index (κ3) is 3.35. The van der Waals surface area contributed by atoms with Gasteiger partial charge in [-0.25, -0.2) is 0 Å². The Morgan fingerprint density at radius 3 is 2.70 bits per heavy atom. The van der Waals surface area contributed by atoms with Gasteiger partial charge >= 0.3 is 0 Å². The normalized spacial score (nSPS) is 14.5. The summed E-state index contributed by atoms with van der Waals surface area (Å²) in [4.78, 5) is 28.9. The van der Waals surface area contributed by atoms with Gasteiger partial charge in [0.05, 0.1) is 11.3 Å². The number of aromatic amines is 1. The lowest BCUT2D eigenvalue weighted by atomic mass is 10.2. The van der Waals surface area contributed by atoms with E-state index in [2.05, 4.69) is 15.6 Å². The third-order valence-corrected chi connectivity index (χ3v) is 3.75. The summed E-state index contributed by atoms with van der Waals surface area (Å²) in [6, 6.07) is 7.96. The Hall–Kier alpha value is -2.80. The van der Waals surface area contributed by atoms with Gasteiger partial charge in [0.2, 0.25) is 0 Å². The monoisotopic (exact) mass is 314 g/mol. The van der Waals surface area contributed by atoms with E-state index in [1.54, 1.807) is 18.2 Å². The molecule has 120 valence electrons. The number of benzene rings is 1. The van der Waals surface area contributed by atoms with E-state index in [0.717, 1.165) is 26.2 Å². The van der Waals surface area contributed by atoms with E-state index in [1.807, 2.05) is 4.90 Å².